The molecule has 2 rings (SSSR count). The monoisotopic (exact) mass is 336 g/mol. The van der Waals surface area contributed by atoms with Crippen LogP contribution in [0.1, 0.15) is 13.3 Å². The second-order valence-electron chi connectivity index (χ2n) is 5.53. The number of hydrogen-bond donors (Lipinski definition) is 2. The van der Waals surface area contributed by atoms with Crippen LogP contribution in [0.5, 0.6) is 0 Å². The third kappa shape index (κ3) is 3.70. The summed E-state index contributed by atoms with van der Waals surface area (Å²) in [6.07, 6.45) is 0.292. The van der Waals surface area contributed by atoms with Crippen molar-refractivity contribution in [2.24, 2.45) is 0 Å². The van der Waals surface area contributed by atoms with Crippen molar-refractivity contribution >= 4 is 21.4 Å². The molecule has 0 spiro atoms. The van der Waals surface area contributed by atoms with Crippen molar-refractivity contribution in [1.82, 2.24) is 5.32 Å². The number of benzene rings is 1. The van der Waals surface area contributed by atoms with E-state index in [0.717, 1.165) is 12.1 Å². The number of carbonyl (C=O) groups is 1. The van der Waals surface area contributed by atoms with Crippen LogP contribution in [0, 0.1) is 17.5 Å². The molecule has 1 heterocycles. The quantitative estimate of drug-likeness (QED) is 0.811. The maximum absolute atomic E-state index is 13.4. The first kappa shape index (κ1) is 16.6. The first-order valence-corrected chi connectivity index (χ1v) is 8.33. The van der Waals surface area contributed by atoms with Gasteiger partial charge in [-0.25, -0.2) is 21.6 Å². The Bertz CT molecular complexity index is 709. The van der Waals surface area contributed by atoms with Gasteiger partial charge in [0, 0.05) is 0 Å². The number of hydrogen-bond acceptors (Lipinski definition) is 4. The highest BCUT2D eigenvalue weighted by molar-refractivity contribution is 7.91. The lowest BCUT2D eigenvalue weighted by molar-refractivity contribution is -0.120. The Morgan fingerprint density at radius 2 is 1.95 bits per heavy atom. The molecule has 22 heavy (non-hydrogen) atoms. The van der Waals surface area contributed by atoms with Gasteiger partial charge in [0.15, 0.2) is 27.3 Å². The van der Waals surface area contributed by atoms with Gasteiger partial charge in [-0.2, -0.15) is 0 Å². The lowest BCUT2D eigenvalue weighted by atomic mass is 10.0. The highest BCUT2D eigenvalue weighted by Gasteiger charge is 2.39. The zero-order valence-electron chi connectivity index (χ0n) is 11.8. The minimum atomic E-state index is -3.17. The van der Waals surface area contributed by atoms with Gasteiger partial charge in [0.1, 0.15) is 0 Å². The minimum absolute atomic E-state index is 0.00495. The normalized spacial score (nSPS) is 23.3. The summed E-state index contributed by atoms with van der Waals surface area (Å²) in [5, 5.41) is 4.91. The van der Waals surface area contributed by atoms with Crippen molar-refractivity contribution in [3.63, 3.8) is 0 Å². The van der Waals surface area contributed by atoms with E-state index in [1.54, 1.807) is 6.92 Å². The van der Waals surface area contributed by atoms with Crippen LogP contribution >= 0.6 is 0 Å². The molecule has 1 saturated heterocycles. The number of halogens is 3. The molecule has 5 nitrogen and oxygen atoms in total. The van der Waals surface area contributed by atoms with Crippen molar-refractivity contribution in [1.29, 1.82) is 0 Å². The van der Waals surface area contributed by atoms with Crippen LogP contribution in [0.4, 0.5) is 18.9 Å². The maximum atomic E-state index is 13.4. The number of carbonyl (C=O) groups excluding carboxylic acids is 1. The SMILES string of the molecule is C[C@@]1(NC(=O)CNc2ccc(F)c(F)c2F)CCS(=O)(=O)C1. The number of sulfone groups is 1. The van der Waals surface area contributed by atoms with Gasteiger partial charge in [0.25, 0.3) is 0 Å². The van der Waals surface area contributed by atoms with Crippen LogP contribution in [-0.2, 0) is 14.6 Å². The summed E-state index contributed by atoms with van der Waals surface area (Å²) in [6.45, 7) is 1.21. The Morgan fingerprint density at radius 3 is 2.55 bits per heavy atom. The molecule has 0 radical (unpaired) electrons. The van der Waals surface area contributed by atoms with Crippen LogP contribution in [0.2, 0.25) is 0 Å². The van der Waals surface area contributed by atoms with Gasteiger partial charge in [-0.1, -0.05) is 0 Å². The highest BCUT2D eigenvalue weighted by Crippen LogP contribution is 2.23. The summed E-state index contributed by atoms with van der Waals surface area (Å²) in [7, 11) is -3.17. The fourth-order valence-corrected chi connectivity index (χ4v) is 4.42. The molecular weight excluding hydrogens is 321 g/mol. The molecule has 0 aromatic heterocycles. The van der Waals surface area contributed by atoms with Crippen LogP contribution < -0.4 is 10.6 Å². The molecule has 122 valence electrons. The van der Waals surface area contributed by atoms with Crippen molar-refractivity contribution < 1.29 is 26.4 Å². The third-order valence-corrected chi connectivity index (χ3v) is 5.32. The van der Waals surface area contributed by atoms with E-state index >= 15 is 0 Å². The topological polar surface area (TPSA) is 75.3 Å². The number of nitrogens with one attached hydrogen (secondary N) is 2. The average Bonchev–Trinajstić information content (AvgIpc) is 2.69. The minimum Gasteiger partial charge on any atom is -0.374 e. The third-order valence-electron chi connectivity index (χ3n) is 3.42. The largest absolute Gasteiger partial charge is 0.374 e. The maximum Gasteiger partial charge on any atom is 0.239 e. The average molecular weight is 336 g/mol. The highest BCUT2D eigenvalue weighted by atomic mass is 32.2. The Kier molecular flexibility index (Phi) is 4.37. The predicted molar refractivity (Wildman–Crippen MR) is 74.6 cm³/mol. The number of rotatable bonds is 4. The first-order valence-electron chi connectivity index (χ1n) is 6.51. The molecule has 1 fully saturated rings. The van der Waals surface area contributed by atoms with Crippen molar-refractivity contribution in [3.05, 3.63) is 29.6 Å². The molecule has 9 heteroatoms. The van der Waals surface area contributed by atoms with Crippen molar-refractivity contribution in [2.45, 2.75) is 18.9 Å². The molecule has 0 saturated carbocycles. The van der Waals surface area contributed by atoms with E-state index < -0.39 is 45.3 Å². The number of anilines is 1. The predicted octanol–water partition coefficient (Wildman–Crippen LogP) is 1.21. The number of amides is 1. The Labute approximate surface area is 125 Å². The van der Waals surface area contributed by atoms with Crippen LogP contribution in [0.3, 0.4) is 0 Å². The Balaban J connectivity index is 1.95. The zero-order chi connectivity index (χ0) is 16.5. The molecule has 1 aromatic rings. The van der Waals surface area contributed by atoms with Gasteiger partial charge in [-0.15, -0.1) is 0 Å². The van der Waals surface area contributed by atoms with E-state index in [0.29, 0.717) is 6.42 Å². The summed E-state index contributed by atoms with van der Waals surface area (Å²) < 4.78 is 62.1. The van der Waals surface area contributed by atoms with Crippen LogP contribution in [-0.4, -0.2) is 37.9 Å². The standard InChI is InChI=1S/C13H15F3N2O3S/c1-13(4-5-22(20,21)7-13)18-10(19)6-17-9-3-2-8(14)11(15)12(9)16/h2-3,17H,4-7H2,1H3,(H,18,19)/t13-/m1/s1. The van der Waals surface area contributed by atoms with E-state index in [4.69, 9.17) is 0 Å². The summed E-state index contributed by atoms with van der Waals surface area (Å²) in [6, 6.07) is 1.71. The van der Waals surface area contributed by atoms with Gasteiger partial charge < -0.3 is 10.6 Å². The molecule has 1 aromatic carbocycles. The van der Waals surface area contributed by atoms with Crippen molar-refractivity contribution in [3.8, 4) is 0 Å². The lowest BCUT2D eigenvalue weighted by Gasteiger charge is -2.24. The second-order valence-corrected chi connectivity index (χ2v) is 7.71. The Hall–Kier alpha value is -1.77. The van der Waals surface area contributed by atoms with Gasteiger partial charge in [0.2, 0.25) is 5.91 Å². The van der Waals surface area contributed by atoms with E-state index in [1.807, 2.05) is 0 Å². The summed E-state index contributed by atoms with van der Waals surface area (Å²) >= 11 is 0. The molecule has 1 atom stereocenters. The molecule has 0 bridgehead atoms. The van der Waals surface area contributed by atoms with Crippen LogP contribution in [0.15, 0.2) is 12.1 Å². The van der Waals surface area contributed by atoms with Crippen LogP contribution in [0.25, 0.3) is 0 Å². The summed E-state index contributed by atoms with van der Waals surface area (Å²) in [5.74, 6) is -5.10. The lowest BCUT2D eigenvalue weighted by Crippen LogP contribution is -2.48. The first-order chi connectivity index (χ1) is 10.1. The molecule has 1 aliphatic rings. The molecule has 1 aliphatic heterocycles. The summed E-state index contributed by atoms with van der Waals surface area (Å²) in [4.78, 5) is 11.8. The van der Waals surface area contributed by atoms with Gasteiger partial charge in [0.05, 0.1) is 29.3 Å². The molecule has 1 amide bonds. The molecule has 2 N–H and O–H groups in total. The zero-order valence-corrected chi connectivity index (χ0v) is 12.6. The fourth-order valence-electron chi connectivity index (χ4n) is 2.33. The van der Waals surface area contributed by atoms with Crippen molar-refractivity contribution in [2.75, 3.05) is 23.4 Å². The second kappa shape index (κ2) is 5.79. The summed E-state index contributed by atoms with van der Waals surface area (Å²) in [5.41, 5.74) is -1.22. The van der Waals surface area contributed by atoms with E-state index in [1.165, 1.54) is 0 Å². The smallest absolute Gasteiger partial charge is 0.239 e. The molecular formula is C13H15F3N2O3S. The van der Waals surface area contributed by atoms with Gasteiger partial charge >= 0.3 is 0 Å². The van der Waals surface area contributed by atoms with Gasteiger partial charge in [-0.3, -0.25) is 4.79 Å². The fraction of sp³-hybridized carbons (Fsp3) is 0.462. The van der Waals surface area contributed by atoms with Gasteiger partial charge in [-0.05, 0) is 25.5 Å². The Morgan fingerprint density at radius 1 is 1.27 bits per heavy atom. The van der Waals surface area contributed by atoms with E-state index in [2.05, 4.69) is 10.6 Å². The van der Waals surface area contributed by atoms with E-state index in [9.17, 15) is 26.4 Å². The molecule has 0 aliphatic carbocycles. The van der Waals surface area contributed by atoms with E-state index in [-0.39, 0.29) is 17.2 Å². The molecule has 0 unspecified atom stereocenters.